The molecule has 6 nitrogen and oxygen atoms in total. The summed E-state index contributed by atoms with van der Waals surface area (Å²) in [6.45, 7) is 13.3. The van der Waals surface area contributed by atoms with Gasteiger partial charge in [-0.25, -0.2) is 10.5 Å². The zero-order valence-corrected chi connectivity index (χ0v) is 20.9. The second-order valence-corrected chi connectivity index (χ2v) is 8.31. The van der Waals surface area contributed by atoms with Gasteiger partial charge in [0.15, 0.2) is 0 Å². The molecule has 0 atom stereocenters. The molecule has 0 amide bonds. The summed E-state index contributed by atoms with van der Waals surface area (Å²) in [5.74, 6) is 0. The summed E-state index contributed by atoms with van der Waals surface area (Å²) in [7, 11) is 0. The van der Waals surface area contributed by atoms with Gasteiger partial charge in [0.25, 0.3) is 0 Å². The summed E-state index contributed by atoms with van der Waals surface area (Å²) in [6, 6.07) is 8.46. The topological polar surface area (TPSA) is 108 Å². The number of thiocyanates is 2. The third kappa shape index (κ3) is 13.0. The Kier molecular flexibility index (Phi) is 15.0. The Morgan fingerprint density at radius 2 is 1.03 bits per heavy atom. The second-order valence-electron chi connectivity index (χ2n) is 7.61. The van der Waals surface area contributed by atoms with Crippen molar-refractivity contribution in [1.82, 2.24) is 9.97 Å². The van der Waals surface area contributed by atoms with Crippen molar-refractivity contribution in [2.45, 2.75) is 52.4 Å². The Morgan fingerprint density at radius 1 is 0.793 bits per heavy atom. The minimum absolute atomic E-state index is 0.124. The maximum absolute atomic E-state index is 8.50. The van der Waals surface area contributed by atoms with Gasteiger partial charge in [-0.1, -0.05) is 52.3 Å². The number of nitriles is 2. The van der Waals surface area contributed by atoms with Crippen LogP contribution in [-0.4, -0.2) is 9.97 Å². The monoisotopic (exact) mass is 514 g/mol. The van der Waals surface area contributed by atoms with E-state index in [1.807, 2.05) is 12.4 Å². The van der Waals surface area contributed by atoms with Crippen LogP contribution >= 0.6 is 0 Å². The van der Waals surface area contributed by atoms with Crippen molar-refractivity contribution in [1.29, 1.82) is 10.5 Å². The van der Waals surface area contributed by atoms with Crippen LogP contribution in [0.15, 0.2) is 36.7 Å². The van der Waals surface area contributed by atoms with Crippen molar-refractivity contribution < 1.29 is 25.3 Å². The third-order valence-electron chi connectivity index (χ3n) is 3.51. The number of rotatable bonds is 1. The molecule has 154 valence electrons. The van der Waals surface area contributed by atoms with Crippen LogP contribution in [-0.2, 0) is 61.4 Å². The molecule has 0 aromatic carbocycles. The van der Waals surface area contributed by atoms with E-state index < -0.39 is 18.5 Å². The van der Waals surface area contributed by atoms with Crippen molar-refractivity contribution >= 4 is 25.3 Å². The predicted molar refractivity (Wildman–Crippen MR) is 112 cm³/mol. The standard InChI is InChI=1S/C18H24N2.2CHNS.Mo.2O/c1-17(2,3)13-7-9-19-15(11-13)16-12-14(8-10-20-16)18(4,5)6;2*2-1-3;;;/h7-12H,1-6H3;2*3H;;;/q;;;+2;;/p-2. The normalized spacial score (nSPS) is 9.38. The number of hydrogen-bond donors (Lipinski definition) is 0. The molecule has 0 saturated heterocycles. The molecular weight excluding hydrogens is 488 g/mol. The van der Waals surface area contributed by atoms with Gasteiger partial charge >= 0.3 is 25.3 Å². The average Bonchev–Trinajstić information content (AvgIpc) is 2.63. The Morgan fingerprint density at radius 3 is 1.24 bits per heavy atom. The van der Waals surface area contributed by atoms with Crippen molar-refractivity contribution in [2.24, 2.45) is 0 Å². The van der Waals surface area contributed by atoms with E-state index in [2.05, 4.69) is 101 Å². The summed E-state index contributed by atoms with van der Waals surface area (Å²) >= 11 is 5.37. The summed E-state index contributed by atoms with van der Waals surface area (Å²) in [6.07, 6.45) is 3.75. The van der Waals surface area contributed by atoms with Crippen LogP contribution in [0.2, 0.25) is 0 Å². The van der Waals surface area contributed by atoms with Crippen LogP contribution < -0.4 is 0 Å². The molecule has 0 fully saturated rings. The van der Waals surface area contributed by atoms with E-state index in [-0.39, 0.29) is 10.8 Å². The van der Waals surface area contributed by atoms with Gasteiger partial charge in [-0.15, -0.1) is 0 Å². The first-order chi connectivity index (χ1) is 13.4. The fraction of sp³-hybridized carbons (Fsp3) is 0.400. The quantitative estimate of drug-likeness (QED) is 0.312. The van der Waals surface area contributed by atoms with Crippen LogP contribution in [0.5, 0.6) is 0 Å². The molecule has 2 rings (SSSR count). The summed E-state index contributed by atoms with van der Waals surface area (Å²) in [5.41, 5.74) is 4.71. The SMILES string of the molecule is CC(C)(C)c1ccnc(-c2cc(C(C)(C)C)ccn2)c1.N#C[S-].N#C[S-].[O]=[Mo+2]=[O]. The van der Waals surface area contributed by atoms with E-state index in [0.717, 1.165) is 11.4 Å². The fourth-order valence-corrected chi connectivity index (χ4v) is 2.07. The van der Waals surface area contributed by atoms with Crippen molar-refractivity contribution in [3.05, 3.63) is 47.8 Å². The first-order valence-corrected chi connectivity index (χ1v) is 10.8. The van der Waals surface area contributed by atoms with Crippen LogP contribution in [0.1, 0.15) is 52.7 Å². The van der Waals surface area contributed by atoms with Gasteiger partial charge in [0.2, 0.25) is 0 Å². The van der Waals surface area contributed by atoms with Crippen LogP contribution in [0.4, 0.5) is 0 Å². The Balaban J connectivity index is 0. The number of hydrogen-bond acceptors (Lipinski definition) is 8. The number of aromatic nitrogens is 2. The van der Waals surface area contributed by atoms with Crippen LogP contribution in [0.3, 0.4) is 0 Å². The molecule has 0 bridgehead atoms. The number of pyridine rings is 2. The zero-order valence-electron chi connectivity index (χ0n) is 17.3. The third-order valence-corrected chi connectivity index (χ3v) is 3.51. The Labute approximate surface area is 192 Å². The second kappa shape index (κ2) is 14.9. The van der Waals surface area contributed by atoms with Crippen LogP contribution in [0.25, 0.3) is 11.4 Å². The van der Waals surface area contributed by atoms with E-state index in [1.54, 1.807) is 0 Å². The number of nitrogens with zero attached hydrogens (tertiary/aromatic N) is 4. The van der Waals surface area contributed by atoms with Crippen molar-refractivity contribution in [3.8, 4) is 22.2 Å². The van der Waals surface area contributed by atoms with Gasteiger partial charge in [0.05, 0.1) is 11.4 Å². The molecule has 2 aromatic rings. The average molecular weight is 513 g/mol. The summed E-state index contributed by atoms with van der Waals surface area (Å²) in [5, 5.41) is 16.9. The molecule has 0 radical (unpaired) electrons. The molecule has 9 heteroatoms. The molecular formula is C20H24MoN4O2S2. The van der Waals surface area contributed by atoms with E-state index in [1.165, 1.54) is 21.9 Å². The van der Waals surface area contributed by atoms with Crippen molar-refractivity contribution in [3.63, 3.8) is 0 Å². The Bertz CT molecular complexity index is 806. The van der Waals surface area contributed by atoms with E-state index in [4.69, 9.17) is 17.3 Å². The predicted octanol–water partition coefficient (Wildman–Crippen LogP) is 4.53. The Hall–Kier alpha value is -1.99. The van der Waals surface area contributed by atoms with Gasteiger partial charge in [0, 0.05) is 12.4 Å². The molecule has 0 aliphatic carbocycles. The van der Waals surface area contributed by atoms with Gasteiger partial charge in [-0.2, -0.15) is 0 Å². The first-order valence-electron chi connectivity index (χ1n) is 8.30. The molecule has 2 aromatic heterocycles. The van der Waals surface area contributed by atoms with Gasteiger partial charge < -0.3 is 25.3 Å². The zero-order chi connectivity index (χ0) is 23.1. The first kappa shape index (κ1) is 29.2. The fourth-order valence-electron chi connectivity index (χ4n) is 2.07. The molecule has 0 aliphatic rings. The van der Waals surface area contributed by atoms with Crippen molar-refractivity contribution in [2.75, 3.05) is 0 Å². The van der Waals surface area contributed by atoms with E-state index >= 15 is 0 Å². The van der Waals surface area contributed by atoms with Crippen LogP contribution in [0, 0.1) is 21.3 Å². The van der Waals surface area contributed by atoms with Gasteiger partial charge in [0.1, 0.15) is 0 Å². The molecule has 29 heavy (non-hydrogen) atoms. The maximum atomic E-state index is 8.50. The summed E-state index contributed by atoms with van der Waals surface area (Å²) in [4.78, 5) is 8.97. The summed E-state index contributed by atoms with van der Waals surface area (Å²) < 4.78 is 17.0. The van der Waals surface area contributed by atoms with Gasteiger partial charge in [-0.05, 0) is 46.2 Å². The molecule has 0 saturated carbocycles. The minimum atomic E-state index is -2.03. The molecule has 0 N–H and O–H groups in total. The molecule has 2 heterocycles. The molecule has 0 spiro atoms. The van der Waals surface area contributed by atoms with Gasteiger partial charge in [-0.3, -0.25) is 9.97 Å². The molecule has 0 aliphatic heterocycles. The van der Waals surface area contributed by atoms with E-state index in [9.17, 15) is 0 Å². The van der Waals surface area contributed by atoms with E-state index in [0.29, 0.717) is 0 Å². The molecule has 0 unspecified atom stereocenters.